The first-order valence-electron chi connectivity index (χ1n) is 7.73. The summed E-state index contributed by atoms with van der Waals surface area (Å²) in [6, 6.07) is 8.89. The number of carbonyl (C=O) groups excluding carboxylic acids is 1. The van der Waals surface area contributed by atoms with Crippen molar-refractivity contribution in [3.8, 4) is 0 Å². The lowest BCUT2D eigenvalue weighted by Crippen LogP contribution is -2.41. The molecule has 1 heterocycles. The van der Waals surface area contributed by atoms with Crippen molar-refractivity contribution in [2.75, 3.05) is 20.1 Å². The Morgan fingerprint density at radius 1 is 1.40 bits per heavy atom. The second-order valence-corrected chi connectivity index (χ2v) is 6.19. The normalized spacial score (nSPS) is 28.7. The van der Waals surface area contributed by atoms with E-state index < -0.39 is 0 Å². The molecule has 20 heavy (non-hydrogen) atoms. The molecule has 1 aromatic carbocycles. The number of aryl methyl sites for hydroxylation is 1. The fraction of sp³-hybridized carbons (Fsp3) is 0.588. The van der Waals surface area contributed by atoms with E-state index in [0.29, 0.717) is 17.9 Å². The summed E-state index contributed by atoms with van der Waals surface area (Å²) in [5, 5.41) is 3.21. The van der Waals surface area contributed by atoms with Gasteiger partial charge in [0.25, 0.3) is 0 Å². The predicted molar refractivity (Wildman–Crippen MR) is 80.7 cm³/mol. The average molecular weight is 272 g/mol. The van der Waals surface area contributed by atoms with E-state index >= 15 is 0 Å². The number of likely N-dealkylation sites (N-methyl/N-ethyl adjacent to an activating group) is 1. The van der Waals surface area contributed by atoms with Gasteiger partial charge in [-0.1, -0.05) is 24.3 Å². The van der Waals surface area contributed by atoms with Crippen LogP contribution in [-0.4, -0.2) is 37.0 Å². The molecule has 1 amide bonds. The zero-order valence-electron chi connectivity index (χ0n) is 12.4. The molecule has 1 saturated carbocycles. The van der Waals surface area contributed by atoms with E-state index in [1.54, 1.807) is 0 Å². The van der Waals surface area contributed by atoms with Crippen molar-refractivity contribution in [2.45, 2.75) is 38.1 Å². The van der Waals surface area contributed by atoms with Crippen LogP contribution in [0.25, 0.3) is 0 Å². The Balaban J connectivity index is 1.67. The van der Waals surface area contributed by atoms with Crippen molar-refractivity contribution < 1.29 is 4.79 Å². The fourth-order valence-corrected chi connectivity index (χ4v) is 3.60. The quantitative estimate of drug-likeness (QED) is 0.912. The van der Waals surface area contributed by atoms with Crippen LogP contribution in [0.4, 0.5) is 0 Å². The van der Waals surface area contributed by atoms with Crippen molar-refractivity contribution in [3.63, 3.8) is 0 Å². The van der Waals surface area contributed by atoms with E-state index in [0.717, 1.165) is 32.4 Å². The molecule has 3 rings (SSSR count). The Morgan fingerprint density at radius 3 is 2.95 bits per heavy atom. The van der Waals surface area contributed by atoms with E-state index in [-0.39, 0.29) is 5.92 Å². The summed E-state index contributed by atoms with van der Waals surface area (Å²) in [7, 11) is 1.97. The van der Waals surface area contributed by atoms with Gasteiger partial charge in [0, 0.05) is 25.0 Å². The molecule has 0 aromatic heterocycles. The van der Waals surface area contributed by atoms with Crippen molar-refractivity contribution in [1.82, 2.24) is 10.2 Å². The summed E-state index contributed by atoms with van der Waals surface area (Å²) in [6.45, 7) is 4.02. The van der Waals surface area contributed by atoms with Crippen LogP contribution in [0.1, 0.15) is 36.3 Å². The molecule has 1 aliphatic carbocycles. The molecule has 1 aromatic rings. The first-order valence-corrected chi connectivity index (χ1v) is 7.73. The van der Waals surface area contributed by atoms with Crippen LogP contribution in [-0.2, 0) is 4.79 Å². The van der Waals surface area contributed by atoms with Crippen LogP contribution >= 0.6 is 0 Å². The van der Waals surface area contributed by atoms with Gasteiger partial charge < -0.3 is 10.2 Å². The number of rotatable bonds is 4. The topological polar surface area (TPSA) is 32.3 Å². The van der Waals surface area contributed by atoms with Gasteiger partial charge in [-0.3, -0.25) is 4.79 Å². The first-order chi connectivity index (χ1) is 9.72. The van der Waals surface area contributed by atoms with Crippen LogP contribution in [0.15, 0.2) is 24.3 Å². The molecule has 2 aliphatic rings. The number of nitrogens with zero attached hydrogens (tertiary/aromatic N) is 1. The molecule has 1 saturated heterocycles. The van der Waals surface area contributed by atoms with Gasteiger partial charge in [0.05, 0.1) is 0 Å². The van der Waals surface area contributed by atoms with E-state index in [2.05, 4.69) is 41.4 Å². The third-order valence-corrected chi connectivity index (χ3v) is 4.80. The van der Waals surface area contributed by atoms with E-state index in [1.165, 1.54) is 11.1 Å². The molecule has 3 nitrogen and oxygen atoms in total. The Bertz CT molecular complexity index is 500. The highest BCUT2D eigenvalue weighted by Crippen LogP contribution is 2.50. The Labute approximate surface area is 121 Å². The van der Waals surface area contributed by atoms with Gasteiger partial charge in [0.15, 0.2) is 0 Å². The van der Waals surface area contributed by atoms with Gasteiger partial charge in [-0.15, -0.1) is 0 Å². The highest BCUT2D eigenvalue weighted by Gasteiger charge is 2.47. The zero-order valence-corrected chi connectivity index (χ0v) is 12.4. The van der Waals surface area contributed by atoms with Gasteiger partial charge in [0.1, 0.15) is 0 Å². The number of amides is 1. The third-order valence-electron chi connectivity index (χ3n) is 4.80. The average Bonchev–Trinajstić information content (AvgIpc) is 3.10. The fourth-order valence-electron chi connectivity index (χ4n) is 3.60. The summed E-state index contributed by atoms with van der Waals surface area (Å²) in [5.41, 5.74) is 2.69. The summed E-state index contributed by atoms with van der Waals surface area (Å²) in [4.78, 5) is 14.8. The molecular weight excluding hydrogens is 248 g/mol. The molecule has 3 heteroatoms. The molecule has 0 unspecified atom stereocenters. The summed E-state index contributed by atoms with van der Waals surface area (Å²) in [5.74, 6) is 1.07. The second-order valence-electron chi connectivity index (χ2n) is 6.19. The number of hydrogen-bond acceptors (Lipinski definition) is 2. The summed E-state index contributed by atoms with van der Waals surface area (Å²) in [6.07, 6.45) is 3.33. The summed E-state index contributed by atoms with van der Waals surface area (Å²) >= 11 is 0. The van der Waals surface area contributed by atoms with Gasteiger partial charge in [-0.25, -0.2) is 0 Å². The minimum Gasteiger partial charge on any atom is -0.338 e. The van der Waals surface area contributed by atoms with Crippen molar-refractivity contribution in [3.05, 3.63) is 35.4 Å². The van der Waals surface area contributed by atoms with Crippen LogP contribution in [0.3, 0.4) is 0 Å². The maximum atomic E-state index is 12.7. The maximum Gasteiger partial charge on any atom is 0.226 e. The van der Waals surface area contributed by atoms with E-state index in [4.69, 9.17) is 0 Å². The largest absolute Gasteiger partial charge is 0.338 e. The SMILES string of the molecule is CNC[C@@H]1CCCN1C(=O)[C@H]1C[C@H]1c1ccccc1C. The molecule has 108 valence electrons. The maximum absolute atomic E-state index is 12.7. The number of nitrogens with one attached hydrogen (secondary N) is 1. The monoisotopic (exact) mass is 272 g/mol. The van der Waals surface area contributed by atoms with Crippen LogP contribution in [0.2, 0.25) is 0 Å². The molecule has 1 aliphatic heterocycles. The lowest BCUT2D eigenvalue weighted by Gasteiger charge is -2.24. The van der Waals surface area contributed by atoms with Crippen molar-refractivity contribution in [1.29, 1.82) is 0 Å². The molecule has 1 N–H and O–H groups in total. The minimum absolute atomic E-state index is 0.230. The van der Waals surface area contributed by atoms with E-state index in [1.807, 2.05) is 7.05 Å². The van der Waals surface area contributed by atoms with Gasteiger partial charge >= 0.3 is 0 Å². The number of likely N-dealkylation sites (tertiary alicyclic amines) is 1. The molecule has 0 bridgehead atoms. The summed E-state index contributed by atoms with van der Waals surface area (Å²) < 4.78 is 0. The highest BCUT2D eigenvalue weighted by molar-refractivity contribution is 5.83. The van der Waals surface area contributed by atoms with Crippen LogP contribution in [0, 0.1) is 12.8 Å². The van der Waals surface area contributed by atoms with Gasteiger partial charge in [-0.05, 0) is 50.3 Å². The molecular formula is C17H24N2O. The van der Waals surface area contributed by atoms with Crippen molar-refractivity contribution >= 4 is 5.91 Å². The number of hydrogen-bond donors (Lipinski definition) is 1. The zero-order chi connectivity index (χ0) is 14.1. The standard InChI is InChI=1S/C17H24N2O/c1-12-6-3-4-8-14(12)15-10-16(15)17(20)19-9-5-7-13(19)11-18-2/h3-4,6,8,13,15-16,18H,5,7,9-11H2,1-2H3/t13-,15-,16-/m0/s1. The van der Waals surface area contributed by atoms with Gasteiger partial charge in [0.2, 0.25) is 5.91 Å². The Morgan fingerprint density at radius 2 is 2.20 bits per heavy atom. The third kappa shape index (κ3) is 2.47. The number of benzene rings is 1. The van der Waals surface area contributed by atoms with Crippen LogP contribution < -0.4 is 5.32 Å². The Kier molecular flexibility index (Phi) is 3.79. The van der Waals surface area contributed by atoms with Crippen molar-refractivity contribution in [2.24, 2.45) is 5.92 Å². The first kappa shape index (κ1) is 13.6. The van der Waals surface area contributed by atoms with Crippen LogP contribution in [0.5, 0.6) is 0 Å². The predicted octanol–water partition coefficient (Wildman–Crippen LogP) is 2.31. The molecule has 0 spiro atoms. The molecule has 3 atom stereocenters. The lowest BCUT2D eigenvalue weighted by molar-refractivity contribution is -0.133. The van der Waals surface area contributed by atoms with E-state index in [9.17, 15) is 4.79 Å². The Hall–Kier alpha value is -1.35. The lowest BCUT2D eigenvalue weighted by atomic mass is 10.0. The van der Waals surface area contributed by atoms with Gasteiger partial charge in [-0.2, -0.15) is 0 Å². The number of carbonyl (C=O) groups is 1. The smallest absolute Gasteiger partial charge is 0.226 e. The second kappa shape index (κ2) is 5.57. The highest BCUT2D eigenvalue weighted by atomic mass is 16.2. The molecule has 2 fully saturated rings. The molecule has 0 radical (unpaired) electrons. The minimum atomic E-state index is 0.230.